The van der Waals surface area contributed by atoms with Crippen molar-refractivity contribution in [1.82, 2.24) is 0 Å². The molecule has 2 nitrogen and oxygen atoms in total. The second kappa shape index (κ2) is 10.3. The molecule has 1 N–H and O–H groups in total. The number of hydrogen-bond donors (Lipinski definition) is 1. The normalized spacial score (nSPS) is 12.5. The van der Waals surface area contributed by atoms with Crippen LogP contribution in [-0.4, -0.2) is 26.1 Å². The van der Waals surface area contributed by atoms with Gasteiger partial charge in [0.25, 0.3) is 8.32 Å². The zero-order valence-corrected chi connectivity index (χ0v) is 17.1. The molecule has 2 aromatic carbocycles. The summed E-state index contributed by atoms with van der Waals surface area (Å²) in [4.78, 5) is 0. The van der Waals surface area contributed by atoms with Crippen molar-refractivity contribution in [3.05, 3.63) is 60.7 Å². The van der Waals surface area contributed by atoms with Gasteiger partial charge in [-0.05, 0) is 22.3 Å². The quantitative estimate of drug-likeness (QED) is 0.571. The third kappa shape index (κ3) is 5.31. The van der Waals surface area contributed by atoms with Gasteiger partial charge in [-0.15, -0.1) is 11.8 Å². The lowest BCUT2D eigenvalue weighted by Crippen LogP contribution is -2.63. The van der Waals surface area contributed by atoms with E-state index in [1.54, 1.807) is 0 Å². The third-order valence-corrected chi connectivity index (χ3v) is 9.04. The molecule has 0 fully saturated rings. The molecule has 1 atom stereocenters. The summed E-state index contributed by atoms with van der Waals surface area (Å²) in [6.45, 7) is 6.50. The average molecular weight is 367 g/mol. The Morgan fingerprint density at radius 3 is 1.88 bits per heavy atom. The average Bonchev–Trinajstić information content (AvgIpc) is 2.67. The lowest BCUT2D eigenvalue weighted by molar-refractivity contribution is 0.115. The molecule has 0 heterocycles. The van der Waals surface area contributed by atoms with Gasteiger partial charge in [0, 0.05) is 12.8 Å². The first kappa shape index (κ1) is 20.4. The van der Waals surface area contributed by atoms with Crippen molar-refractivity contribution in [1.29, 1.82) is 0 Å². The third-order valence-electron chi connectivity index (χ3n) is 4.38. The van der Waals surface area contributed by atoms with Gasteiger partial charge >= 0.3 is 0 Å². The van der Waals surface area contributed by atoms with Crippen LogP contribution >= 0.6 is 0 Å². The highest BCUT2D eigenvalue weighted by molar-refractivity contribution is 6.97. The van der Waals surface area contributed by atoms with E-state index in [0.29, 0.717) is 12.3 Å². The van der Waals surface area contributed by atoms with Gasteiger partial charge in [0.05, 0.1) is 12.7 Å². The van der Waals surface area contributed by atoms with Crippen LogP contribution in [0.5, 0.6) is 0 Å². The predicted octanol–water partition coefficient (Wildman–Crippen LogP) is 3.58. The van der Waals surface area contributed by atoms with Crippen LogP contribution in [0.4, 0.5) is 0 Å². The van der Waals surface area contributed by atoms with Crippen molar-refractivity contribution in [2.45, 2.75) is 45.8 Å². The van der Waals surface area contributed by atoms with E-state index in [9.17, 15) is 5.11 Å². The number of benzene rings is 2. The smallest absolute Gasteiger partial charge is 0.256 e. The topological polar surface area (TPSA) is 29.5 Å². The number of aliphatic hydroxyl groups excluding tert-OH is 1. The van der Waals surface area contributed by atoms with Crippen molar-refractivity contribution in [2.24, 2.45) is 5.92 Å². The van der Waals surface area contributed by atoms with E-state index in [0.717, 1.165) is 12.5 Å². The lowest BCUT2D eigenvalue weighted by Gasteiger charge is -2.36. The van der Waals surface area contributed by atoms with Crippen LogP contribution in [0.15, 0.2) is 60.7 Å². The molecule has 2 rings (SSSR count). The summed E-state index contributed by atoms with van der Waals surface area (Å²) in [5.41, 5.74) is 0. The maximum atomic E-state index is 9.95. The Bertz CT molecular complexity index is 662. The van der Waals surface area contributed by atoms with Gasteiger partial charge in [-0.25, -0.2) is 0 Å². The molecule has 0 aliphatic rings. The molecule has 2 aromatic rings. The molecule has 0 radical (unpaired) electrons. The van der Waals surface area contributed by atoms with E-state index >= 15 is 0 Å². The summed E-state index contributed by atoms with van der Waals surface area (Å²) in [7, 11) is -2.48. The molecule has 3 heteroatoms. The minimum absolute atomic E-state index is 0.00902. The summed E-state index contributed by atoms with van der Waals surface area (Å²) >= 11 is 0. The van der Waals surface area contributed by atoms with Crippen molar-refractivity contribution < 1.29 is 9.53 Å². The highest BCUT2D eigenvalue weighted by atomic mass is 28.4. The maximum Gasteiger partial charge on any atom is 0.256 e. The first-order chi connectivity index (χ1) is 12.6. The van der Waals surface area contributed by atoms with E-state index in [2.05, 4.69) is 74.2 Å². The largest absolute Gasteiger partial charge is 0.402 e. The Labute approximate surface area is 159 Å². The van der Waals surface area contributed by atoms with E-state index in [1.165, 1.54) is 10.4 Å². The molecule has 0 amide bonds. The molecule has 0 spiro atoms. The zero-order valence-electron chi connectivity index (χ0n) is 16.1. The second-order valence-corrected chi connectivity index (χ2v) is 10.4. The van der Waals surface area contributed by atoms with Gasteiger partial charge in [0.1, 0.15) is 0 Å². The van der Waals surface area contributed by atoms with E-state index in [-0.39, 0.29) is 12.7 Å². The maximum absolute atomic E-state index is 9.95. The van der Waals surface area contributed by atoms with Crippen LogP contribution in [0.2, 0.25) is 6.04 Å². The first-order valence-corrected chi connectivity index (χ1v) is 11.6. The predicted molar refractivity (Wildman–Crippen MR) is 112 cm³/mol. The van der Waals surface area contributed by atoms with Crippen LogP contribution in [0, 0.1) is 17.8 Å². The Balaban J connectivity index is 2.51. The Morgan fingerprint density at radius 1 is 0.923 bits per heavy atom. The number of aliphatic hydroxyl groups is 1. The molecule has 1 unspecified atom stereocenters. The summed E-state index contributed by atoms with van der Waals surface area (Å²) in [6.07, 6.45) is 1.13. The van der Waals surface area contributed by atoms with Crippen molar-refractivity contribution >= 4 is 18.7 Å². The van der Waals surface area contributed by atoms with Gasteiger partial charge in [-0.2, -0.15) is 0 Å². The fourth-order valence-electron chi connectivity index (χ4n) is 3.32. The summed E-state index contributed by atoms with van der Waals surface area (Å²) in [5, 5.41) is 12.4. The number of rotatable bonds is 8. The summed E-state index contributed by atoms with van der Waals surface area (Å²) < 4.78 is 6.80. The number of hydrogen-bond acceptors (Lipinski definition) is 2. The van der Waals surface area contributed by atoms with Gasteiger partial charge in [0.2, 0.25) is 0 Å². The monoisotopic (exact) mass is 366 g/mol. The van der Waals surface area contributed by atoms with E-state index < -0.39 is 8.32 Å². The molecule has 0 bridgehead atoms. The molecule has 0 aliphatic heterocycles. The first-order valence-electron chi connectivity index (χ1n) is 9.47. The molecule has 0 saturated heterocycles. The molecular formula is C23H30O2Si. The van der Waals surface area contributed by atoms with Gasteiger partial charge in [0.15, 0.2) is 0 Å². The van der Waals surface area contributed by atoms with Crippen LogP contribution < -0.4 is 10.4 Å². The van der Waals surface area contributed by atoms with E-state index in [4.69, 9.17) is 4.43 Å². The van der Waals surface area contributed by atoms with Gasteiger partial charge in [-0.1, -0.05) is 81.4 Å². The molecule has 138 valence electrons. The highest BCUT2D eigenvalue weighted by Gasteiger charge is 2.41. The fraction of sp³-hybridized carbons (Fsp3) is 0.391. The Kier molecular flexibility index (Phi) is 8.12. The van der Waals surface area contributed by atoms with Crippen LogP contribution in [0.3, 0.4) is 0 Å². The molecule has 0 aromatic heterocycles. The van der Waals surface area contributed by atoms with Crippen LogP contribution in [0.1, 0.15) is 33.6 Å². The molecule has 0 saturated carbocycles. The highest BCUT2D eigenvalue weighted by Crippen LogP contribution is 2.22. The fourth-order valence-corrected chi connectivity index (χ4v) is 7.83. The van der Waals surface area contributed by atoms with E-state index in [1.807, 2.05) is 19.1 Å². The molecular weight excluding hydrogens is 336 g/mol. The zero-order chi connectivity index (χ0) is 18.8. The van der Waals surface area contributed by atoms with Crippen LogP contribution in [0.25, 0.3) is 0 Å². The van der Waals surface area contributed by atoms with Crippen molar-refractivity contribution in [3.63, 3.8) is 0 Å². The minimum Gasteiger partial charge on any atom is -0.402 e. The van der Waals surface area contributed by atoms with Crippen molar-refractivity contribution in [2.75, 3.05) is 6.61 Å². The van der Waals surface area contributed by atoms with Gasteiger partial charge < -0.3 is 9.53 Å². The lowest BCUT2D eigenvalue weighted by atomic mass is 10.3. The Hall–Kier alpha value is -1.86. The van der Waals surface area contributed by atoms with Gasteiger partial charge in [-0.3, -0.25) is 0 Å². The molecule has 0 aliphatic carbocycles. The minimum atomic E-state index is -2.48. The van der Waals surface area contributed by atoms with Crippen molar-refractivity contribution in [3.8, 4) is 11.8 Å². The molecule has 26 heavy (non-hydrogen) atoms. The standard InChI is InChI=1S/C23H30O2Si/c1-4-5-8-13-21(18-24)25-26(19-20(2)3,22-14-9-6-10-15-22)23-16-11-7-12-17-23/h6-7,9-12,14-17,20-21,24H,4,13,18-19H2,1-3H3. The second-order valence-electron chi connectivity index (χ2n) is 6.99. The Morgan fingerprint density at radius 2 is 1.46 bits per heavy atom. The SMILES string of the molecule is CCC#CCC(CO)O[Si](CC(C)C)(c1ccccc1)c1ccccc1. The summed E-state index contributed by atoms with van der Waals surface area (Å²) in [5.74, 6) is 6.73. The summed E-state index contributed by atoms with van der Waals surface area (Å²) in [6, 6.07) is 22.1. The van der Waals surface area contributed by atoms with Crippen LogP contribution in [-0.2, 0) is 4.43 Å².